The van der Waals surface area contributed by atoms with Gasteiger partial charge in [-0.2, -0.15) is 10.4 Å². The number of amides is 2. The van der Waals surface area contributed by atoms with Gasteiger partial charge in [0.05, 0.1) is 17.1 Å². The maximum absolute atomic E-state index is 14.4. The maximum atomic E-state index is 14.4. The number of allylic oxidation sites excluding steroid dienone is 3. The molecule has 6 aromatic carbocycles. The Morgan fingerprint density at radius 1 is 0.794 bits per heavy atom. The number of rotatable bonds is 9. The highest BCUT2D eigenvalue weighted by atomic mass is 35.5. The monoisotopic (exact) mass is 845 g/mol. The van der Waals surface area contributed by atoms with Gasteiger partial charge in [-0.15, -0.1) is 0 Å². The minimum atomic E-state index is -0.956. The minimum absolute atomic E-state index is 0.0193. The zero-order valence-electron chi connectivity index (χ0n) is 34.6. The molecule has 1 saturated heterocycles. The number of hydrogen-bond acceptors (Lipinski definition) is 5. The molecule has 7 aromatic rings. The molecule has 9 heteroatoms. The number of nitriles is 1. The Morgan fingerprint density at radius 3 is 2.11 bits per heavy atom. The summed E-state index contributed by atoms with van der Waals surface area (Å²) in [5, 5.41) is 19.6. The second-order valence-electron chi connectivity index (χ2n) is 16.4. The van der Waals surface area contributed by atoms with Gasteiger partial charge in [0.1, 0.15) is 12.1 Å². The summed E-state index contributed by atoms with van der Waals surface area (Å²) in [7, 11) is 0. The molecule has 2 heterocycles. The normalized spacial score (nSPS) is 16.1. The van der Waals surface area contributed by atoms with Crippen LogP contribution in [0.3, 0.4) is 0 Å². The molecule has 0 spiro atoms. The van der Waals surface area contributed by atoms with Gasteiger partial charge in [-0.3, -0.25) is 4.79 Å². The van der Waals surface area contributed by atoms with Crippen LogP contribution in [0.4, 0.5) is 10.6 Å². The predicted molar refractivity (Wildman–Crippen MR) is 248 cm³/mol. The van der Waals surface area contributed by atoms with Crippen molar-refractivity contribution < 1.29 is 14.3 Å². The van der Waals surface area contributed by atoms with E-state index in [2.05, 4.69) is 78.1 Å². The molecule has 2 aliphatic carbocycles. The Balaban J connectivity index is 0.971. The van der Waals surface area contributed by atoms with Crippen molar-refractivity contribution in [3.05, 3.63) is 208 Å². The van der Waals surface area contributed by atoms with Crippen molar-refractivity contribution >= 4 is 45.9 Å². The van der Waals surface area contributed by atoms with E-state index in [0.29, 0.717) is 53.3 Å². The van der Waals surface area contributed by atoms with E-state index in [1.54, 1.807) is 23.1 Å². The first-order chi connectivity index (χ1) is 30.9. The molecule has 8 nitrogen and oxygen atoms in total. The topological polar surface area (TPSA) is 100 Å². The lowest BCUT2D eigenvalue weighted by Gasteiger charge is -2.37. The van der Waals surface area contributed by atoms with Crippen LogP contribution in [0.2, 0.25) is 5.02 Å². The fourth-order valence-corrected chi connectivity index (χ4v) is 10.1. The van der Waals surface area contributed by atoms with E-state index in [1.807, 2.05) is 83.5 Å². The van der Waals surface area contributed by atoms with Gasteiger partial charge in [-0.05, 0) is 101 Å². The van der Waals surface area contributed by atoms with E-state index in [4.69, 9.17) is 21.4 Å². The quantitative estimate of drug-likeness (QED) is 0.146. The van der Waals surface area contributed by atoms with Crippen molar-refractivity contribution in [2.45, 2.75) is 37.1 Å². The van der Waals surface area contributed by atoms with Crippen molar-refractivity contribution in [2.24, 2.45) is 5.92 Å². The van der Waals surface area contributed by atoms with Gasteiger partial charge in [0.2, 0.25) is 5.91 Å². The Morgan fingerprint density at radius 2 is 1.44 bits per heavy atom. The average Bonchev–Trinajstić information content (AvgIpc) is 3.87. The molecule has 63 heavy (non-hydrogen) atoms. The highest BCUT2D eigenvalue weighted by molar-refractivity contribution is 6.33. The standard InChI is InChI=1S/C54H44ClN5O3/c55-49-26-24-36(34-56)32-46(49)38-25-27-50-47(33-38)51(58-60(50)54(39-14-4-1-5-15-39,40-16-6-2-7-17-40)41-18-8-3-9-19-41)57-52(61)37-28-30-59(31-29-37)53(62)63-35-48-44-22-12-10-20-42(44)43-21-11-13-23-45(43)48/h1-10,12-20,22-27,32-33,37,48H,11,21,28-31,35H2,(H,57,58,61). The molecule has 1 fully saturated rings. The SMILES string of the molecule is N#Cc1ccc(Cl)c(-c2ccc3c(c2)c(NC(=O)C2CCN(C(=O)OCC4C5=C(CCC=C5)c5ccccc54)CC2)nn3C(c2ccccc2)(c2ccccc2)c2ccccc2)c1. The largest absolute Gasteiger partial charge is 0.448 e. The Hall–Kier alpha value is -7.21. The van der Waals surface area contributed by atoms with Crippen LogP contribution in [0.1, 0.15) is 65.0 Å². The highest BCUT2D eigenvalue weighted by Crippen LogP contribution is 2.47. The third kappa shape index (κ3) is 7.18. The van der Waals surface area contributed by atoms with Gasteiger partial charge in [0.15, 0.2) is 5.82 Å². The van der Waals surface area contributed by atoms with Crippen LogP contribution >= 0.6 is 11.6 Å². The molecule has 1 aliphatic heterocycles. The molecule has 310 valence electrons. The van der Waals surface area contributed by atoms with E-state index in [-0.39, 0.29) is 30.4 Å². The van der Waals surface area contributed by atoms with Crippen LogP contribution in [0.5, 0.6) is 0 Å². The Labute approximate surface area is 371 Å². The van der Waals surface area contributed by atoms with Crippen LogP contribution in [-0.4, -0.2) is 46.4 Å². The number of likely N-dealkylation sites (tertiary alicyclic amines) is 1. The van der Waals surface area contributed by atoms with Crippen LogP contribution in [0.15, 0.2) is 169 Å². The first kappa shape index (κ1) is 39.9. The number of fused-ring (bicyclic) bond motifs is 3. The van der Waals surface area contributed by atoms with Gasteiger partial charge in [0, 0.05) is 40.9 Å². The molecule has 1 unspecified atom stereocenters. The van der Waals surface area contributed by atoms with E-state index in [0.717, 1.165) is 40.6 Å². The summed E-state index contributed by atoms with van der Waals surface area (Å²) in [6.07, 6.45) is 7.03. The number of piperidine rings is 1. The molecule has 0 bridgehead atoms. The van der Waals surface area contributed by atoms with Gasteiger partial charge in [0.25, 0.3) is 0 Å². The highest BCUT2D eigenvalue weighted by Gasteiger charge is 2.41. The lowest BCUT2D eigenvalue weighted by atomic mass is 9.77. The molecule has 1 aromatic heterocycles. The number of anilines is 1. The minimum Gasteiger partial charge on any atom is -0.448 e. The summed E-state index contributed by atoms with van der Waals surface area (Å²) >= 11 is 6.78. The summed E-state index contributed by atoms with van der Waals surface area (Å²) in [5.41, 5.74) is 9.85. The molecule has 1 atom stereocenters. The Bertz CT molecular complexity index is 2870. The molecule has 0 saturated carbocycles. The van der Waals surface area contributed by atoms with E-state index in [9.17, 15) is 14.9 Å². The van der Waals surface area contributed by atoms with Crippen LogP contribution < -0.4 is 5.32 Å². The summed E-state index contributed by atoms with van der Waals surface area (Å²) in [4.78, 5) is 29.7. The summed E-state index contributed by atoms with van der Waals surface area (Å²) in [6.45, 7) is 1.08. The third-order valence-corrected chi connectivity index (χ3v) is 13.3. The zero-order chi connectivity index (χ0) is 42.9. The molecule has 1 N–H and O–H groups in total. The summed E-state index contributed by atoms with van der Waals surface area (Å²) in [6, 6.07) is 52.7. The van der Waals surface area contributed by atoms with Gasteiger partial charge < -0.3 is 15.0 Å². The number of ether oxygens (including phenoxy) is 1. The first-order valence-corrected chi connectivity index (χ1v) is 21.9. The average molecular weight is 846 g/mol. The van der Waals surface area contributed by atoms with Crippen LogP contribution in [0.25, 0.3) is 27.6 Å². The van der Waals surface area contributed by atoms with E-state index in [1.165, 1.54) is 22.3 Å². The molecule has 10 rings (SSSR count). The molecular weight excluding hydrogens is 802 g/mol. The number of carbonyl (C=O) groups is 2. The van der Waals surface area contributed by atoms with Crippen LogP contribution in [-0.2, 0) is 15.1 Å². The number of aromatic nitrogens is 2. The number of nitrogens with zero attached hydrogens (tertiary/aromatic N) is 4. The fourth-order valence-electron chi connectivity index (χ4n) is 9.87. The second-order valence-corrected chi connectivity index (χ2v) is 16.9. The lowest BCUT2D eigenvalue weighted by Crippen LogP contribution is -2.42. The third-order valence-electron chi connectivity index (χ3n) is 13.0. The smallest absolute Gasteiger partial charge is 0.409 e. The van der Waals surface area contributed by atoms with Gasteiger partial charge >= 0.3 is 6.09 Å². The second kappa shape index (κ2) is 16.9. The van der Waals surface area contributed by atoms with E-state index >= 15 is 0 Å². The van der Waals surface area contributed by atoms with Gasteiger partial charge in [-0.1, -0.05) is 145 Å². The van der Waals surface area contributed by atoms with Crippen molar-refractivity contribution in [3.8, 4) is 17.2 Å². The zero-order valence-corrected chi connectivity index (χ0v) is 35.3. The fraction of sp³-hybridized carbons (Fsp3) is 0.185. The molecule has 0 radical (unpaired) electrons. The molecule has 3 aliphatic rings. The number of benzene rings is 6. The summed E-state index contributed by atoms with van der Waals surface area (Å²) in [5.74, 6) is -0.102. The molecular formula is C54H44ClN5O3. The number of halogens is 1. The maximum Gasteiger partial charge on any atom is 0.409 e. The number of carbonyl (C=O) groups excluding carboxylic acids is 2. The Kier molecular flexibility index (Phi) is 10.7. The van der Waals surface area contributed by atoms with Crippen molar-refractivity contribution in [3.63, 3.8) is 0 Å². The number of hydrogen-bond donors (Lipinski definition) is 1. The van der Waals surface area contributed by atoms with Crippen LogP contribution in [0, 0.1) is 17.2 Å². The van der Waals surface area contributed by atoms with E-state index < -0.39 is 5.54 Å². The summed E-state index contributed by atoms with van der Waals surface area (Å²) < 4.78 is 8.03. The predicted octanol–water partition coefficient (Wildman–Crippen LogP) is 11.8. The lowest BCUT2D eigenvalue weighted by molar-refractivity contribution is -0.121. The van der Waals surface area contributed by atoms with Crippen molar-refractivity contribution in [1.82, 2.24) is 14.7 Å². The van der Waals surface area contributed by atoms with Gasteiger partial charge in [-0.25, -0.2) is 9.48 Å². The first-order valence-electron chi connectivity index (χ1n) is 21.6. The number of nitrogens with one attached hydrogen (secondary N) is 1. The van der Waals surface area contributed by atoms with Crippen molar-refractivity contribution in [2.75, 3.05) is 25.0 Å². The van der Waals surface area contributed by atoms with Crippen molar-refractivity contribution in [1.29, 1.82) is 5.26 Å². The molecule has 2 amide bonds.